The Bertz CT molecular complexity index is 646. The molecule has 0 heterocycles. The second-order valence-corrected chi connectivity index (χ2v) is 10.7. The predicted octanol–water partition coefficient (Wildman–Crippen LogP) is 3.32. The lowest BCUT2D eigenvalue weighted by molar-refractivity contribution is -0.137. The SMILES string of the molecule is COC[C@@]1(O)CC[C@H]2[C@@H](CC[C@@H]3[C@@H]2CC[C@]2(C)[C@@H](C(=O)CN(N)N=N)CC[C@@H]32)C1. The third kappa shape index (κ3) is 3.63. The van der Waals surface area contributed by atoms with Crippen molar-refractivity contribution in [2.45, 2.75) is 70.3 Å². The highest BCUT2D eigenvalue weighted by Gasteiger charge is 2.59. The number of ketones is 1. The number of hydrazine groups is 1. The van der Waals surface area contributed by atoms with E-state index in [0.717, 1.165) is 61.4 Å². The molecule has 0 unspecified atom stereocenters. The van der Waals surface area contributed by atoms with Crippen molar-refractivity contribution in [3.05, 3.63) is 0 Å². The monoisotopic (exact) mass is 406 g/mol. The number of Topliss-reactive ketones (excluding diaryl/α,β-unsaturated/α-hetero) is 1. The Labute approximate surface area is 174 Å². The fourth-order valence-electron chi connectivity index (χ4n) is 8.20. The number of rotatable bonds is 6. The van der Waals surface area contributed by atoms with Gasteiger partial charge in [-0.2, -0.15) is 5.53 Å². The number of hydrogen-bond acceptors (Lipinski definition) is 6. The van der Waals surface area contributed by atoms with Crippen LogP contribution in [0.25, 0.3) is 0 Å². The number of aliphatic hydroxyl groups is 1. The highest BCUT2D eigenvalue weighted by molar-refractivity contribution is 5.84. The van der Waals surface area contributed by atoms with Crippen molar-refractivity contribution in [3.63, 3.8) is 0 Å². The van der Waals surface area contributed by atoms with E-state index in [4.69, 9.17) is 16.1 Å². The molecule has 0 aromatic heterocycles. The van der Waals surface area contributed by atoms with E-state index < -0.39 is 5.60 Å². The maximum absolute atomic E-state index is 12.9. The van der Waals surface area contributed by atoms with Crippen LogP contribution in [0.1, 0.15) is 64.7 Å². The molecule has 4 rings (SSSR count). The van der Waals surface area contributed by atoms with Crippen LogP contribution < -0.4 is 5.84 Å². The molecule has 0 saturated heterocycles. The van der Waals surface area contributed by atoms with Crippen molar-refractivity contribution in [1.29, 1.82) is 5.53 Å². The molecule has 4 aliphatic carbocycles. The maximum Gasteiger partial charge on any atom is 0.159 e. The van der Waals surface area contributed by atoms with E-state index in [1.807, 2.05) is 0 Å². The van der Waals surface area contributed by atoms with E-state index >= 15 is 0 Å². The van der Waals surface area contributed by atoms with Crippen LogP contribution in [0.15, 0.2) is 5.22 Å². The molecule has 0 aromatic carbocycles. The van der Waals surface area contributed by atoms with Gasteiger partial charge in [-0.15, -0.1) is 0 Å². The van der Waals surface area contributed by atoms with Gasteiger partial charge in [0.05, 0.1) is 12.2 Å². The van der Waals surface area contributed by atoms with E-state index in [0.29, 0.717) is 18.4 Å². The topological polar surface area (TPSA) is 112 Å². The van der Waals surface area contributed by atoms with Crippen molar-refractivity contribution < 1.29 is 14.6 Å². The van der Waals surface area contributed by atoms with Crippen LogP contribution in [0, 0.1) is 46.5 Å². The summed E-state index contributed by atoms with van der Waals surface area (Å²) in [6.45, 7) is 2.84. The second kappa shape index (κ2) is 7.89. The van der Waals surface area contributed by atoms with Gasteiger partial charge in [0.15, 0.2) is 5.78 Å². The molecule has 0 aliphatic heterocycles. The van der Waals surface area contributed by atoms with Crippen LogP contribution in [0.2, 0.25) is 0 Å². The Morgan fingerprint density at radius 3 is 2.66 bits per heavy atom. The van der Waals surface area contributed by atoms with Gasteiger partial charge in [-0.25, -0.2) is 11.0 Å². The molecule has 7 nitrogen and oxygen atoms in total. The maximum atomic E-state index is 12.9. The number of fused-ring (bicyclic) bond motifs is 5. The molecule has 0 aromatic rings. The summed E-state index contributed by atoms with van der Waals surface area (Å²) in [7, 11) is 1.68. The lowest BCUT2D eigenvalue weighted by Crippen LogP contribution is -2.52. The summed E-state index contributed by atoms with van der Waals surface area (Å²) in [5.74, 6) is 9.26. The van der Waals surface area contributed by atoms with Crippen molar-refractivity contribution in [3.8, 4) is 0 Å². The molecule has 7 heteroatoms. The molecule has 0 bridgehead atoms. The first-order chi connectivity index (χ1) is 13.8. The molecule has 4 fully saturated rings. The quantitative estimate of drug-likeness (QED) is 0.356. The number of nitrogens with two attached hydrogens (primary N) is 1. The Kier molecular flexibility index (Phi) is 5.77. The van der Waals surface area contributed by atoms with Crippen LogP contribution in [0.4, 0.5) is 0 Å². The highest BCUT2D eigenvalue weighted by Crippen LogP contribution is 2.64. The third-order valence-electron chi connectivity index (χ3n) is 9.35. The van der Waals surface area contributed by atoms with Gasteiger partial charge in [0.1, 0.15) is 6.54 Å². The molecule has 0 radical (unpaired) electrons. The second-order valence-electron chi connectivity index (χ2n) is 10.7. The molecule has 29 heavy (non-hydrogen) atoms. The van der Waals surface area contributed by atoms with Crippen molar-refractivity contribution in [2.75, 3.05) is 20.3 Å². The largest absolute Gasteiger partial charge is 0.387 e. The van der Waals surface area contributed by atoms with E-state index in [1.54, 1.807) is 7.11 Å². The van der Waals surface area contributed by atoms with E-state index in [2.05, 4.69) is 12.1 Å². The predicted molar refractivity (Wildman–Crippen MR) is 108 cm³/mol. The van der Waals surface area contributed by atoms with Gasteiger partial charge in [0.2, 0.25) is 0 Å². The van der Waals surface area contributed by atoms with E-state index in [9.17, 15) is 9.90 Å². The Morgan fingerprint density at radius 1 is 1.17 bits per heavy atom. The molecule has 4 saturated carbocycles. The van der Waals surface area contributed by atoms with Crippen LogP contribution in [0.5, 0.6) is 0 Å². The highest BCUT2D eigenvalue weighted by atomic mass is 16.5. The first-order valence-corrected chi connectivity index (χ1v) is 11.4. The Balaban J connectivity index is 1.46. The third-order valence-corrected chi connectivity index (χ3v) is 9.35. The number of nitrogens with zero attached hydrogens (tertiary/aromatic N) is 2. The van der Waals surface area contributed by atoms with E-state index in [1.165, 1.54) is 19.3 Å². The Morgan fingerprint density at radius 2 is 1.93 bits per heavy atom. The summed E-state index contributed by atoms with van der Waals surface area (Å²) in [5.41, 5.74) is 6.45. The molecular weight excluding hydrogens is 368 g/mol. The summed E-state index contributed by atoms with van der Waals surface area (Å²) in [4.78, 5) is 12.9. The lowest BCUT2D eigenvalue weighted by Gasteiger charge is -2.57. The van der Waals surface area contributed by atoms with Gasteiger partial charge in [0.25, 0.3) is 0 Å². The van der Waals surface area contributed by atoms with Gasteiger partial charge in [-0.05, 0) is 92.8 Å². The molecule has 164 valence electrons. The number of carbonyl (C=O) groups is 1. The van der Waals surface area contributed by atoms with Crippen molar-refractivity contribution in [1.82, 2.24) is 5.12 Å². The standard InChI is InChI=1S/C22H38N4O3/c1-21-9-7-16-15-8-10-22(28,13-29-2)11-14(15)3-4-17(16)18(21)5-6-19(21)20(27)12-26(24)25-23/h14-19,23,28H,3-13,24H2,1-2H3/t14-,15-,16+,17+,18-,19+,21-,22+/m0/s1. The van der Waals surface area contributed by atoms with E-state index in [-0.39, 0.29) is 23.7 Å². The number of carbonyl (C=O) groups excluding carboxylic acids is 1. The number of hydrogen-bond donors (Lipinski definition) is 3. The lowest BCUT2D eigenvalue weighted by atomic mass is 9.49. The molecule has 4 N–H and O–H groups in total. The van der Waals surface area contributed by atoms with Crippen LogP contribution in [-0.2, 0) is 9.53 Å². The van der Waals surface area contributed by atoms with Crippen LogP contribution in [0.3, 0.4) is 0 Å². The minimum Gasteiger partial charge on any atom is -0.387 e. The smallest absolute Gasteiger partial charge is 0.159 e. The molecule has 4 aliphatic rings. The normalized spacial score (nSPS) is 46.3. The molecule has 8 atom stereocenters. The van der Waals surface area contributed by atoms with Gasteiger partial charge in [0, 0.05) is 13.0 Å². The van der Waals surface area contributed by atoms with Crippen LogP contribution in [-0.4, -0.2) is 41.9 Å². The zero-order valence-corrected chi connectivity index (χ0v) is 18.0. The first kappa shape index (κ1) is 21.2. The van der Waals surface area contributed by atoms with Crippen molar-refractivity contribution >= 4 is 5.78 Å². The summed E-state index contributed by atoms with van der Waals surface area (Å²) in [6, 6.07) is 0. The fourth-order valence-corrected chi connectivity index (χ4v) is 8.20. The summed E-state index contributed by atoms with van der Waals surface area (Å²) >= 11 is 0. The minimum absolute atomic E-state index is 0.0490. The molecular formula is C22H38N4O3. The number of methoxy groups -OCH3 is 1. The zero-order chi connectivity index (χ0) is 20.8. The van der Waals surface area contributed by atoms with Gasteiger partial charge < -0.3 is 9.84 Å². The van der Waals surface area contributed by atoms with Gasteiger partial charge in [-0.1, -0.05) is 12.1 Å². The minimum atomic E-state index is -0.631. The average Bonchev–Trinajstić information content (AvgIpc) is 3.04. The van der Waals surface area contributed by atoms with Gasteiger partial charge >= 0.3 is 0 Å². The molecule has 0 amide bonds. The summed E-state index contributed by atoms with van der Waals surface area (Å²) in [6.07, 6.45) is 9.73. The first-order valence-electron chi connectivity index (χ1n) is 11.4. The van der Waals surface area contributed by atoms with Gasteiger partial charge in [-0.3, -0.25) is 4.79 Å². The fraction of sp³-hybridized carbons (Fsp3) is 0.955. The van der Waals surface area contributed by atoms with Crippen molar-refractivity contribution in [2.24, 2.45) is 52.0 Å². The summed E-state index contributed by atoms with van der Waals surface area (Å²) in [5, 5.41) is 15.0. The zero-order valence-electron chi connectivity index (χ0n) is 18.0. The van der Waals surface area contributed by atoms with Crippen LogP contribution >= 0.6 is 0 Å². The summed E-state index contributed by atoms with van der Waals surface area (Å²) < 4.78 is 5.30. The number of ether oxygens (including phenoxy) is 1. The average molecular weight is 407 g/mol. The number of nitrogens with one attached hydrogen (secondary N) is 1. The molecule has 0 spiro atoms. The Hall–Kier alpha value is -1.05.